The van der Waals surface area contributed by atoms with Crippen molar-refractivity contribution < 1.29 is 14.6 Å². The van der Waals surface area contributed by atoms with Gasteiger partial charge in [0.25, 0.3) is 17.3 Å². The maximum atomic E-state index is 12.8. The molecule has 4 aromatic rings. The van der Waals surface area contributed by atoms with E-state index in [2.05, 4.69) is 15.5 Å². The molecule has 3 aromatic carbocycles. The number of benzene rings is 3. The first-order chi connectivity index (χ1) is 15.4. The first kappa shape index (κ1) is 20.3. The number of carbonyl (C=O) groups is 1. The summed E-state index contributed by atoms with van der Waals surface area (Å²) in [7, 11) is 0. The lowest BCUT2D eigenvalue weighted by Crippen LogP contribution is -2.13. The van der Waals surface area contributed by atoms with Gasteiger partial charge in [0, 0.05) is 35.4 Å². The number of nitrogens with zero attached hydrogens (tertiary/aromatic N) is 5. The highest BCUT2D eigenvalue weighted by Crippen LogP contribution is 2.26. The zero-order chi connectivity index (χ0) is 22.7. The number of hydrogen-bond acceptors (Lipinski definition) is 7. The molecule has 4 rings (SSSR count). The third-order valence-electron chi connectivity index (χ3n) is 4.50. The molecule has 0 spiro atoms. The first-order valence-electron chi connectivity index (χ1n) is 9.26. The van der Waals surface area contributed by atoms with Crippen LogP contribution in [0.4, 0.5) is 17.2 Å². The van der Waals surface area contributed by atoms with Gasteiger partial charge >= 0.3 is 0 Å². The fourth-order valence-corrected chi connectivity index (χ4v) is 2.94. The van der Waals surface area contributed by atoms with Gasteiger partial charge in [-0.1, -0.05) is 36.4 Å². The summed E-state index contributed by atoms with van der Waals surface area (Å²) in [6.45, 7) is 0. The van der Waals surface area contributed by atoms with Crippen LogP contribution in [0.15, 0.2) is 78.9 Å². The third kappa shape index (κ3) is 4.16. The van der Waals surface area contributed by atoms with Crippen molar-refractivity contribution >= 4 is 23.1 Å². The van der Waals surface area contributed by atoms with Crippen molar-refractivity contribution in [2.75, 3.05) is 5.32 Å². The van der Waals surface area contributed by atoms with Gasteiger partial charge < -0.3 is 5.32 Å². The molecule has 1 aromatic heterocycles. The number of non-ortho nitro benzene ring substituents is 2. The van der Waals surface area contributed by atoms with E-state index in [-0.39, 0.29) is 22.8 Å². The standard InChI is InChI=1S/C21H14N6O5/c28-21(15-7-4-8-18(13-15)27(31)32)22-20-19(14-5-2-1-3-6-14)23-25(24-20)16-9-11-17(12-10-16)26(29)30/h1-13H,(H,22,24,28). The molecule has 0 radical (unpaired) electrons. The zero-order valence-electron chi connectivity index (χ0n) is 16.3. The highest BCUT2D eigenvalue weighted by Gasteiger charge is 2.19. The molecule has 0 atom stereocenters. The first-order valence-corrected chi connectivity index (χ1v) is 9.26. The maximum Gasteiger partial charge on any atom is 0.270 e. The number of anilines is 1. The number of nitrogens with one attached hydrogen (secondary N) is 1. The van der Waals surface area contributed by atoms with Crippen LogP contribution in [0.2, 0.25) is 0 Å². The molecule has 0 fully saturated rings. The quantitative estimate of drug-likeness (QED) is 0.359. The molecule has 158 valence electrons. The highest BCUT2D eigenvalue weighted by molar-refractivity contribution is 6.05. The third-order valence-corrected chi connectivity index (χ3v) is 4.50. The van der Waals surface area contributed by atoms with Gasteiger partial charge in [0.2, 0.25) is 0 Å². The summed E-state index contributed by atoms with van der Waals surface area (Å²) in [4.78, 5) is 34.8. The molecule has 1 amide bonds. The number of hydrogen-bond donors (Lipinski definition) is 1. The Bertz CT molecular complexity index is 1320. The van der Waals surface area contributed by atoms with Crippen molar-refractivity contribution in [2.24, 2.45) is 0 Å². The molecular weight excluding hydrogens is 416 g/mol. The Balaban J connectivity index is 1.72. The van der Waals surface area contributed by atoms with E-state index in [1.807, 2.05) is 6.07 Å². The summed E-state index contributed by atoms with van der Waals surface area (Å²) in [6.07, 6.45) is 0. The summed E-state index contributed by atoms with van der Waals surface area (Å²) in [5, 5.41) is 33.3. The van der Waals surface area contributed by atoms with Crippen molar-refractivity contribution in [3.05, 3.63) is 105 Å². The summed E-state index contributed by atoms with van der Waals surface area (Å²) >= 11 is 0. The van der Waals surface area contributed by atoms with Crippen LogP contribution in [-0.2, 0) is 0 Å². The number of nitro groups is 2. The van der Waals surface area contributed by atoms with E-state index in [1.54, 1.807) is 24.3 Å². The van der Waals surface area contributed by atoms with Crippen LogP contribution in [0.5, 0.6) is 0 Å². The van der Waals surface area contributed by atoms with Gasteiger partial charge in [-0.2, -0.15) is 0 Å². The predicted octanol–water partition coefficient (Wildman–Crippen LogP) is 4.00. The van der Waals surface area contributed by atoms with E-state index in [4.69, 9.17) is 0 Å². The molecule has 0 saturated heterocycles. The Labute approximate surface area is 180 Å². The van der Waals surface area contributed by atoms with E-state index in [0.717, 1.165) is 6.07 Å². The summed E-state index contributed by atoms with van der Waals surface area (Å²) < 4.78 is 0. The smallest absolute Gasteiger partial charge is 0.270 e. The van der Waals surface area contributed by atoms with Crippen LogP contribution < -0.4 is 5.32 Å². The van der Waals surface area contributed by atoms with Gasteiger partial charge in [0.15, 0.2) is 5.82 Å². The topological polar surface area (TPSA) is 146 Å². The van der Waals surface area contributed by atoms with E-state index in [0.29, 0.717) is 16.9 Å². The Morgan fingerprint density at radius 2 is 1.50 bits per heavy atom. The molecule has 0 unspecified atom stereocenters. The monoisotopic (exact) mass is 430 g/mol. The van der Waals surface area contributed by atoms with Gasteiger partial charge in [-0.15, -0.1) is 15.0 Å². The molecule has 0 saturated carbocycles. The molecule has 0 aliphatic carbocycles. The van der Waals surface area contributed by atoms with Crippen molar-refractivity contribution in [3.8, 4) is 16.9 Å². The number of nitro benzene ring substituents is 2. The lowest BCUT2D eigenvalue weighted by molar-refractivity contribution is -0.385. The minimum Gasteiger partial charge on any atom is -0.303 e. The molecular formula is C21H14N6O5. The number of carbonyl (C=O) groups excluding carboxylic acids is 1. The van der Waals surface area contributed by atoms with E-state index >= 15 is 0 Å². The lowest BCUT2D eigenvalue weighted by Gasteiger charge is -2.04. The normalized spacial score (nSPS) is 10.5. The van der Waals surface area contributed by atoms with Crippen molar-refractivity contribution in [1.29, 1.82) is 0 Å². The van der Waals surface area contributed by atoms with Gasteiger partial charge in [-0.05, 0) is 18.2 Å². The zero-order valence-corrected chi connectivity index (χ0v) is 16.3. The fourth-order valence-electron chi connectivity index (χ4n) is 2.94. The molecule has 11 heteroatoms. The SMILES string of the molecule is O=C(Nc1nn(-c2ccc([N+](=O)[O-])cc2)nc1-c1ccccc1)c1cccc([N+](=O)[O-])c1. The molecule has 0 bridgehead atoms. The van der Waals surface area contributed by atoms with Gasteiger partial charge in [0.1, 0.15) is 5.69 Å². The minimum atomic E-state index is -0.596. The van der Waals surface area contributed by atoms with E-state index in [1.165, 1.54) is 47.3 Å². The highest BCUT2D eigenvalue weighted by atomic mass is 16.6. The second kappa shape index (κ2) is 8.44. The summed E-state index contributed by atoms with van der Waals surface area (Å²) in [5.74, 6) is -0.465. The van der Waals surface area contributed by atoms with Crippen LogP contribution in [-0.4, -0.2) is 30.7 Å². The van der Waals surface area contributed by atoms with Crippen LogP contribution in [0.25, 0.3) is 16.9 Å². The van der Waals surface area contributed by atoms with Gasteiger partial charge in [-0.3, -0.25) is 25.0 Å². The van der Waals surface area contributed by atoms with Crippen LogP contribution >= 0.6 is 0 Å². The average molecular weight is 430 g/mol. The maximum absolute atomic E-state index is 12.8. The minimum absolute atomic E-state index is 0.0802. The van der Waals surface area contributed by atoms with Crippen molar-refractivity contribution in [3.63, 3.8) is 0 Å². The Kier molecular flexibility index (Phi) is 5.36. The lowest BCUT2D eigenvalue weighted by atomic mass is 10.1. The number of amides is 1. The molecule has 11 nitrogen and oxygen atoms in total. The van der Waals surface area contributed by atoms with Crippen molar-refractivity contribution in [1.82, 2.24) is 15.0 Å². The van der Waals surface area contributed by atoms with E-state index < -0.39 is 15.8 Å². The van der Waals surface area contributed by atoms with Crippen LogP contribution in [0, 0.1) is 20.2 Å². The average Bonchev–Trinajstić information content (AvgIpc) is 3.23. The molecule has 0 aliphatic rings. The van der Waals surface area contributed by atoms with Crippen LogP contribution in [0.3, 0.4) is 0 Å². The summed E-state index contributed by atoms with van der Waals surface area (Å²) in [5.41, 5.74) is 1.28. The molecule has 32 heavy (non-hydrogen) atoms. The molecule has 0 aliphatic heterocycles. The van der Waals surface area contributed by atoms with Crippen molar-refractivity contribution in [2.45, 2.75) is 0 Å². The largest absolute Gasteiger partial charge is 0.303 e. The number of rotatable bonds is 6. The Hall–Kier alpha value is -4.93. The number of aromatic nitrogens is 3. The fraction of sp³-hybridized carbons (Fsp3) is 0. The van der Waals surface area contributed by atoms with Crippen LogP contribution in [0.1, 0.15) is 10.4 Å². The summed E-state index contributed by atoms with van der Waals surface area (Å²) in [6, 6.07) is 19.9. The predicted molar refractivity (Wildman–Crippen MR) is 114 cm³/mol. The van der Waals surface area contributed by atoms with Gasteiger partial charge in [-0.25, -0.2) is 0 Å². The Morgan fingerprint density at radius 1 is 0.812 bits per heavy atom. The molecule has 1 heterocycles. The van der Waals surface area contributed by atoms with Gasteiger partial charge in [0.05, 0.1) is 15.5 Å². The molecule has 1 N–H and O–H groups in total. The Morgan fingerprint density at radius 3 is 2.16 bits per heavy atom. The van der Waals surface area contributed by atoms with E-state index in [9.17, 15) is 25.0 Å². The second-order valence-electron chi connectivity index (χ2n) is 6.59. The second-order valence-corrected chi connectivity index (χ2v) is 6.59.